The van der Waals surface area contributed by atoms with Crippen LogP contribution in [-0.2, 0) is 22.7 Å². The molecule has 0 saturated carbocycles. The van der Waals surface area contributed by atoms with Gasteiger partial charge in [0.2, 0.25) is 11.8 Å². The first kappa shape index (κ1) is 39.6. The summed E-state index contributed by atoms with van der Waals surface area (Å²) in [6.45, 7) is 9.04. The number of carbonyl (C=O) groups excluding carboxylic acids is 3. The predicted octanol–water partition coefficient (Wildman–Crippen LogP) is 4.34. The highest BCUT2D eigenvalue weighted by Crippen LogP contribution is 2.44. The second-order valence-electron chi connectivity index (χ2n) is 18.1. The molecule has 2 N–H and O–H groups in total. The van der Waals surface area contributed by atoms with Crippen LogP contribution in [0.25, 0.3) is 21.9 Å². The lowest BCUT2D eigenvalue weighted by Gasteiger charge is -2.55. The van der Waals surface area contributed by atoms with Crippen molar-refractivity contribution in [2.75, 3.05) is 82.9 Å². The van der Waals surface area contributed by atoms with Gasteiger partial charge in [0.15, 0.2) is 0 Å². The van der Waals surface area contributed by atoms with E-state index in [1.165, 1.54) is 12.8 Å². The van der Waals surface area contributed by atoms with Crippen molar-refractivity contribution < 1.29 is 28.2 Å². The Morgan fingerprint density at radius 2 is 1.59 bits per heavy atom. The minimum Gasteiger partial charge on any atom is -0.496 e. The maximum absolute atomic E-state index is 13.7. The summed E-state index contributed by atoms with van der Waals surface area (Å²) in [4.78, 5) is 68.6. The number of aromatic amines is 1. The van der Waals surface area contributed by atoms with E-state index in [1.54, 1.807) is 31.5 Å². The number of carbonyl (C=O) groups is 3. The Labute approximate surface area is 354 Å². The Morgan fingerprint density at radius 1 is 0.852 bits per heavy atom. The molecular weight excluding hydrogens is 780 g/mol. The summed E-state index contributed by atoms with van der Waals surface area (Å²) < 4.78 is 25.6. The van der Waals surface area contributed by atoms with E-state index in [1.807, 2.05) is 35.2 Å². The van der Waals surface area contributed by atoms with Crippen molar-refractivity contribution >= 4 is 40.0 Å². The van der Waals surface area contributed by atoms with Crippen LogP contribution in [0.5, 0.6) is 11.5 Å². The third kappa shape index (κ3) is 7.38. The molecule has 320 valence electrons. The third-order valence-electron chi connectivity index (χ3n) is 14.3. The average molecular weight is 833 g/mol. The molecule has 15 heteroatoms. The molecule has 5 saturated heterocycles. The number of amides is 3. The maximum Gasteiger partial charge on any atom is 0.257 e. The zero-order valence-corrected chi connectivity index (χ0v) is 34.9. The number of imide groups is 1. The van der Waals surface area contributed by atoms with E-state index in [4.69, 9.17) is 9.47 Å². The molecule has 5 fully saturated rings. The number of pyridine rings is 2. The van der Waals surface area contributed by atoms with Crippen LogP contribution in [0.3, 0.4) is 0 Å². The van der Waals surface area contributed by atoms with Crippen molar-refractivity contribution in [2.24, 2.45) is 11.3 Å². The lowest BCUT2D eigenvalue weighted by Crippen LogP contribution is -2.60. The van der Waals surface area contributed by atoms with Gasteiger partial charge in [-0.1, -0.05) is 6.07 Å². The lowest BCUT2D eigenvalue weighted by atomic mass is 9.71. The number of nitrogens with one attached hydrogen (secondary N) is 2. The Hall–Kier alpha value is -5.54. The number of H-pyrrole nitrogens is 1. The number of hydrogen-bond donors (Lipinski definition) is 2. The number of hydrogen-bond acceptors (Lipinski definition) is 11. The smallest absolute Gasteiger partial charge is 0.257 e. The molecular formula is C46H53FN8O6. The fourth-order valence-corrected chi connectivity index (χ4v) is 10.6. The van der Waals surface area contributed by atoms with Crippen LogP contribution >= 0.6 is 0 Å². The number of halogens is 1. The minimum atomic E-state index is -0.864. The van der Waals surface area contributed by atoms with Crippen LogP contribution in [0.15, 0.2) is 53.6 Å². The Morgan fingerprint density at radius 3 is 2.28 bits per heavy atom. The van der Waals surface area contributed by atoms with Crippen LogP contribution in [0.2, 0.25) is 0 Å². The van der Waals surface area contributed by atoms with Gasteiger partial charge in [-0.15, -0.1) is 0 Å². The van der Waals surface area contributed by atoms with Crippen molar-refractivity contribution in [1.82, 2.24) is 30.0 Å². The fraction of sp³-hybridized carbons (Fsp3) is 0.500. The largest absolute Gasteiger partial charge is 0.496 e. The molecule has 2 aromatic heterocycles. The van der Waals surface area contributed by atoms with E-state index in [-0.39, 0.29) is 29.7 Å². The van der Waals surface area contributed by atoms with Crippen LogP contribution in [0.4, 0.5) is 15.9 Å². The number of alkyl halides is 1. The van der Waals surface area contributed by atoms with E-state index in [0.29, 0.717) is 60.7 Å². The number of benzene rings is 2. The van der Waals surface area contributed by atoms with E-state index >= 15 is 0 Å². The van der Waals surface area contributed by atoms with Gasteiger partial charge in [-0.3, -0.25) is 29.4 Å². The first-order chi connectivity index (χ1) is 29.6. The summed E-state index contributed by atoms with van der Waals surface area (Å²) in [5, 5.41) is 3.59. The van der Waals surface area contributed by atoms with Crippen molar-refractivity contribution in [3.05, 3.63) is 75.8 Å². The number of nitrogens with zero attached hydrogens (tertiary/aromatic N) is 6. The quantitative estimate of drug-likeness (QED) is 0.221. The first-order valence-corrected chi connectivity index (χ1v) is 21.7. The zero-order chi connectivity index (χ0) is 42.0. The molecule has 3 amide bonds. The Kier molecular flexibility index (Phi) is 10.2. The maximum atomic E-state index is 13.7. The Bertz CT molecular complexity index is 2420. The molecule has 0 aliphatic carbocycles. The molecule has 6 aliphatic rings. The summed E-state index contributed by atoms with van der Waals surface area (Å²) in [6, 6.07) is 11.4. The summed E-state index contributed by atoms with van der Waals surface area (Å²) >= 11 is 0. The second-order valence-corrected chi connectivity index (χ2v) is 18.1. The van der Waals surface area contributed by atoms with Gasteiger partial charge in [-0.05, 0) is 106 Å². The molecule has 6 aliphatic heterocycles. The summed E-state index contributed by atoms with van der Waals surface area (Å²) in [6.07, 6.45) is 7.67. The number of fused-ring (bicyclic) bond motifs is 2. The van der Waals surface area contributed by atoms with Gasteiger partial charge in [-0.2, -0.15) is 0 Å². The standard InChI is InChI=1S/C46H53FN8O6/c1-60-39-15-30(35-19-49-43(57)36-20-48-41(18-34(35)36)53-23-31(47)24-53)16-40(61-2)37(39)25-51-11-7-28(8-12-51)21-52-13-9-46(10-14-52)26-54(27-46)32-4-3-29-22-55(45(59)33(29)17-32)38-5-6-42(56)50-44(38)58/h3-4,15-20,28,31,38H,5-14,21-27H2,1-2H3,(H,49,57)(H,50,56,58). The normalized spacial score (nSPS) is 22.4. The van der Waals surface area contributed by atoms with Crippen molar-refractivity contribution in [1.29, 1.82) is 0 Å². The zero-order valence-electron chi connectivity index (χ0n) is 34.9. The summed E-state index contributed by atoms with van der Waals surface area (Å²) in [5.41, 5.74) is 5.42. The predicted molar refractivity (Wildman–Crippen MR) is 229 cm³/mol. The van der Waals surface area contributed by atoms with Gasteiger partial charge in [0, 0.05) is 79.2 Å². The van der Waals surface area contributed by atoms with Gasteiger partial charge in [0.1, 0.15) is 29.5 Å². The molecule has 0 bridgehead atoms. The highest BCUT2D eigenvalue weighted by Gasteiger charge is 2.46. The van der Waals surface area contributed by atoms with Gasteiger partial charge in [-0.25, -0.2) is 9.37 Å². The topological polar surface area (TPSA) is 144 Å². The van der Waals surface area contributed by atoms with Gasteiger partial charge in [0.25, 0.3) is 11.5 Å². The van der Waals surface area contributed by atoms with E-state index in [2.05, 4.69) is 36.1 Å². The van der Waals surface area contributed by atoms with Crippen molar-refractivity contribution in [3.8, 4) is 22.6 Å². The molecule has 10 rings (SSSR count). The molecule has 2 aromatic carbocycles. The van der Waals surface area contributed by atoms with Crippen LogP contribution in [-0.4, -0.2) is 128 Å². The SMILES string of the molecule is COc1cc(-c2c[nH]c(=O)c3cnc(N4CC(F)C4)cc23)cc(OC)c1CN1CCC(CN2CCC3(CC2)CN(c2ccc4c(c2)C(=O)N(C2CCC(=O)NC2=O)C4)C3)CC1. The highest BCUT2D eigenvalue weighted by molar-refractivity contribution is 6.05. The van der Waals surface area contributed by atoms with E-state index in [9.17, 15) is 23.6 Å². The molecule has 61 heavy (non-hydrogen) atoms. The highest BCUT2D eigenvalue weighted by atomic mass is 19.1. The number of ether oxygens (including phenoxy) is 2. The van der Waals surface area contributed by atoms with Crippen molar-refractivity contribution in [2.45, 2.75) is 63.8 Å². The van der Waals surface area contributed by atoms with Crippen LogP contribution < -0.4 is 30.1 Å². The van der Waals surface area contributed by atoms with Gasteiger partial charge < -0.3 is 34.1 Å². The fourth-order valence-electron chi connectivity index (χ4n) is 10.6. The number of piperidine rings is 3. The summed E-state index contributed by atoms with van der Waals surface area (Å²) in [7, 11) is 3.36. The third-order valence-corrected chi connectivity index (χ3v) is 14.3. The van der Waals surface area contributed by atoms with E-state index in [0.717, 1.165) is 103 Å². The number of likely N-dealkylation sites (tertiary alicyclic amines) is 2. The molecule has 4 aromatic rings. The Balaban J connectivity index is 0.721. The van der Waals surface area contributed by atoms with Crippen molar-refractivity contribution in [3.63, 3.8) is 0 Å². The summed E-state index contributed by atoms with van der Waals surface area (Å²) in [5.74, 6) is 1.98. The monoisotopic (exact) mass is 832 g/mol. The number of aromatic nitrogens is 2. The minimum absolute atomic E-state index is 0.123. The number of methoxy groups -OCH3 is 2. The molecule has 1 unspecified atom stereocenters. The second kappa shape index (κ2) is 15.7. The number of rotatable bonds is 10. The number of anilines is 2. The van der Waals surface area contributed by atoms with Crippen LogP contribution in [0.1, 0.15) is 60.0 Å². The molecule has 1 atom stereocenters. The van der Waals surface area contributed by atoms with Gasteiger partial charge in [0.05, 0.1) is 38.3 Å². The average Bonchev–Trinajstić information content (AvgIpc) is 3.57. The molecule has 0 radical (unpaired) electrons. The molecule has 1 spiro atoms. The molecule has 14 nitrogen and oxygen atoms in total. The first-order valence-electron chi connectivity index (χ1n) is 21.7. The lowest BCUT2D eigenvalue weighted by molar-refractivity contribution is -0.136. The van der Waals surface area contributed by atoms with E-state index < -0.39 is 12.2 Å². The van der Waals surface area contributed by atoms with Crippen LogP contribution in [0, 0.1) is 11.3 Å². The van der Waals surface area contributed by atoms with Gasteiger partial charge >= 0.3 is 0 Å². The molecule has 8 heterocycles.